The van der Waals surface area contributed by atoms with E-state index in [9.17, 15) is 4.79 Å². The van der Waals surface area contributed by atoms with Crippen molar-refractivity contribution in [2.45, 2.75) is 24.8 Å². The average molecular weight is 309 g/mol. The zero-order valence-corrected chi connectivity index (χ0v) is 11.4. The van der Waals surface area contributed by atoms with Crippen molar-refractivity contribution in [2.24, 2.45) is 10.7 Å². The molecule has 1 aromatic rings. The van der Waals surface area contributed by atoms with Crippen LogP contribution in [0.15, 0.2) is 27.7 Å². The van der Waals surface area contributed by atoms with Gasteiger partial charge in [0.05, 0.1) is 0 Å². The molecule has 1 aromatic carbocycles. The van der Waals surface area contributed by atoms with Crippen molar-refractivity contribution < 1.29 is 9.53 Å². The molecule has 0 saturated heterocycles. The summed E-state index contributed by atoms with van der Waals surface area (Å²) in [6.45, 7) is 0.267. The van der Waals surface area contributed by atoms with E-state index in [1.807, 2.05) is 18.2 Å². The molecule has 2 aliphatic rings. The lowest BCUT2D eigenvalue weighted by Gasteiger charge is -2.20. The molecule has 0 saturated carbocycles. The van der Waals surface area contributed by atoms with E-state index in [2.05, 4.69) is 20.9 Å². The number of ketones is 1. The van der Waals surface area contributed by atoms with Crippen molar-refractivity contribution >= 4 is 27.7 Å². The Hall–Kier alpha value is -1.36. The van der Waals surface area contributed by atoms with E-state index in [4.69, 9.17) is 10.5 Å². The normalized spacial score (nSPS) is 26.5. The van der Waals surface area contributed by atoms with Gasteiger partial charge in [0.25, 0.3) is 6.02 Å². The molecule has 0 radical (unpaired) electrons. The molecule has 3 rings (SSSR count). The van der Waals surface area contributed by atoms with Gasteiger partial charge in [0, 0.05) is 10.0 Å². The molecule has 1 aliphatic carbocycles. The first-order chi connectivity index (χ1) is 8.61. The lowest BCUT2D eigenvalue weighted by atomic mass is 9.88. The van der Waals surface area contributed by atoms with Gasteiger partial charge in [-0.15, -0.1) is 0 Å². The molecule has 1 unspecified atom stereocenters. The number of rotatable bonds is 0. The number of hydrogen-bond donors (Lipinski definition) is 1. The van der Waals surface area contributed by atoms with E-state index in [1.54, 1.807) is 0 Å². The Balaban J connectivity index is 2.11. The van der Waals surface area contributed by atoms with Gasteiger partial charge in [-0.25, -0.2) is 4.99 Å². The molecule has 0 fully saturated rings. The SMILES string of the molecule is NC1=NC2(CCCc3ccc(Br)cc3C2=O)CO1. The summed E-state index contributed by atoms with van der Waals surface area (Å²) in [5, 5.41) is 0. The molecule has 1 spiro atoms. The topological polar surface area (TPSA) is 64.7 Å². The number of aryl methyl sites for hydroxylation is 1. The van der Waals surface area contributed by atoms with Crippen LogP contribution in [0.25, 0.3) is 0 Å². The van der Waals surface area contributed by atoms with Gasteiger partial charge in [-0.3, -0.25) is 4.79 Å². The Labute approximate surface area is 113 Å². The van der Waals surface area contributed by atoms with E-state index in [-0.39, 0.29) is 18.4 Å². The Bertz CT molecular complexity index is 556. The standard InChI is InChI=1S/C13H13BrN2O2/c14-9-4-3-8-2-1-5-13(7-18-12(15)16-13)11(17)10(8)6-9/h3-4,6H,1-2,5,7H2,(H2,15,16). The number of hydrogen-bond acceptors (Lipinski definition) is 4. The van der Waals surface area contributed by atoms with E-state index in [0.717, 1.165) is 28.4 Å². The third kappa shape index (κ3) is 1.73. The number of carbonyl (C=O) groups is 1. The number of amidine groups is 1. The van der Waals surface area contributed by atoms with E-state index in [0.29, 0.717) is 6.42 Å². The molecular weight excluding hydrogens is 296 g/mol. The fraction of sp³-hybridized carbons (Fsp3) is 0.385. The first-order valence-corrected chi connectivity index (χ1v) is 6.71. The molecule has 0 aromatic heterocycles. The van der Waals surface area contributed by atoms with Gasteiger partial charge < -0.3 is 10.5 Å². The van der Waals surface area contributed by atoms with Crippen LogP contribution in [-0.2, 0) is 11.2 Å². The molecule has 1 atom stereocenters. The predicted molar refractivity (Wildman–Crippen MR) is 71.7 cm³/mol. The smallest absolute Gasteiger partial charge is 0.283 e. The number of nitrogens with two attached hydrogens (primary N) is 1. The Morgan fingerprint density at radius 3 is 3.00 bits per heavy atom. The van der Waals surface area contributed by atoms with E-state index >= 15 is 0 Å². The molecule has 0 amide bonds. The molecule has 5 heteroatoms. The second-order valence-corrected chi connectivity index (χ2v) is 5.67. The summed E-state index contributed by atoms with van der Waals surface area (Å²) in [6.07, 6.45) is 2.50. The second kappa shape index (κ2) is 4.09. The number of halogens is 1. The molecule has 4 nitrogen and oxygen atoms in total. The molecule has 18 heavy (non-hydrogen) atoms. The second-order valence-electron chi connectivity index (χ2n) is 4.75. The molecule has 0 bridgehead atoms. The highest BCUT2D eigenvalue weighted by Crippen LogP contribution is 2.34. The number of benzene rings is 1. The molecular formula is C13H13BrN2O2. The van der Waals surface area contributed by atoms with Gasteiger partial charge in [-0.2, -0.15) is 0 Å². The van der Waals surface area contributed by atoms with Crippen LogP contribution < -0.4 is 5.73 Å². The molecule has 1 heterocycles. The summed E-state index contributed by atoms with van der Waals surface area (Å²) in [5.41, 5.74) is 6.60. The van der Waals surface area contributed by atoms with Crippen LogP contribution in [-0.4, -0.2) is 24.0 Å². The van der Waals surface area contributed by atoms with E-state index < -0.39 is 5.54 Å². The highest BCUT2D eigenvalue weighted by molar-refractivity contribution is 9.10. The van der Waals surface area contributed by atoms with Crippen molar-refractivity contribution in [2.75, 3.05) is 6.61 Å². The minimum atomic E-state index is -0.796. The number of carbonyl (C=O) groups excluding carboxylic acids is 1. The van der Waals surface area contributed by atoms with Gasteiger partial charge in [-0.05, 0) is 37.0 Å². The predicted octanol–water partition coefficient (Wildman–Crippen LogP) is 2.05. The summed E-state index contributed by atoms with van der Waals surface area (Å²) in [4.78, 5) is 17.0. The maximum atomic E-state index is 12.7. The lowest BCUT2D eigenvalue weighted by molar-refractivity contribution is 0.0852. The van der Waals surface area contributed by atoms with Crippen LogP contribution in [0.5, 0.6) is 0 Å². The number of ether oxygens (including phenoxy) is 1. The third-order valence-electron chi connectivity index (χ3n) is 3.56. The lowest BCUT2D eigenvalue weighted by Crippen LogP contribution is -2.37. The average Bonchev–Trinajstić information content (AvgIpc) is 2.67. The van der Waals surface area contributed by atoms with Crippen molar-refractivity contribution in [1.82, 2.24) is 0 Å². The summed E-state index contributed by atoms with van der Waals surface area (Å²) < 4.78 is 6.12. The van der Waals surface area contributed by atoms with Crippen molar-refractivity contribution in [1.29, 1.82) is 0 Å². The summed E-state index contributed by atoms with van der Waals surface area (Å²) in [6, 6.07) is 5.96. The Morgan fingerprint density at radius 1 is 1.44 bits per heavy atom. The maximum absolute atomic E-state index is 12.7. The first-order valence-electron chi connectivity index (χ1n) is 5.92. The fourth-order valence-corrected chi connectivity index (χ4v) is 2.99. The van der Waals surface area contributed by atoms with Crippen molar-refractivity contribution in [3.8, 4) is 0 Å². The monoisotopic (exact) mass is 308 g/mol. The highest BCUT2D eigenvalue weighted by Gasteiger charge is 2.45. The minimum Gasteiger partial charge on any atom is -0.462 e. The van der Waals surface area contributed by atoms with Crippen LogP contribution in [0.2, 0.25) is 0 Å². The molecule has 1 aliphatic heterocycles. The van der Waals surface area contributed by atoms with Gasteiger partial charge in [0.2, 0.25) is 0 Å². The van der Waals surface area contributed by atoms with Crippen molar-refractivity contribution in [3.63, 3.8) is 0 Å². The van der Waals surface area contributed by atoms with Gasteiger partial charge in [-0.1, -0.05) is 22.0 Å². The maximum Gasteiger partial charge on any atom is 0.283 e. The molecule has 2 N–H and O–H groups in total. The minimum absolute atomic E-state index is 0.0248. The third-order valence-corrected chi connectivity index (χ3v) is 4.05. The van der Waals surface area contributed by atoms with Gasteiger partial charge >= 0.3 is 0 Å². The highest BCUT2D eigenvalue weighted by atomic mass is 79.9. The first kappa shape index (κ1) is 11.7. The summed E-state index contributed by atoms with van der Waals surface area (Å²) >= 11 is 3.41. The van der Waals surface area contributed by atoms with Crippen LogP contribution in [0.3, 0.4) is 0 Å². The quantitative estimate of drug-likeness (QED) is 0.798. The number of aliphatic imine (C=N–C) groups is 1. The summed E-state index contributed by atoms with van der Waals surface area (Å²) in [7, 11) is 0. The Kier molecular flexibility index (Phi) is 2.66. The number of Topliss-reactive ketones (excluding diaryl/α,β-unsaturated/α-hetero) is 1. The van der Waals surface area contributed by atoms with Crippen LogP contribution in [0.1, 0.15) is 28.8 Å². The van der Waals surface area contributed by atoms with Crippen LogP contribution in [0, 0.1) is 0 Å². The molecule has 94 valence electrons. The zero-order valence-electron chi connectivity index (χ0n) is 9.78. The van der Waals surface area contributed by atoms with E-state index in [1.165, 1.54) is 0 Å². The fourth-order valence-electron chi connectivity index (χ4n) is 2.63. The van der Waals surface area contributed by atoms with Crippen LogP contribution in [0.4, 0.5) is 0 Å². The zero-order chi connectivity index (χ0) is 12.8. The largest absolute Gasteiger partial charge is 0.462 e. The van der Waals surface area contributed by atoms with Gasteiger partial charge in [0.1, 0.15) is 6.61 Å². The van der Waals surface area contributed by atoms with Gasteiger partial charge in [0.15, 0.2) is 11.3 Å². The number of nitrogens with zero attached hydrogens (tertiary/aromatic N) is 1. The number of fused-ring (bicyclic) bond motifs is 1. The Morgan fingerprint density at radius 2 is 2.28 bits per heavy atom. The van der Waals surface area contributed by atoms with Crippen LogP contribution >= 0.6 is 15.9 Å². The van der Waals surface area contributed by atoms with Crippen molar-refractivity contribution in [3.05, 3.63) is 33.8 Å². The summed E-state index contributed by atoms with van der Waals surface area (Å²) in [5.74, 6) is 0.0248.